The Balaban J connectivity index is 3.35. The molecular weight excluding hydrogens is 259 g/mol. The predicted octanol–water partition coefficient (Wildman–Crippen LogP) is 3.45. The van der Waals surface area contributed by atoms with E-state index < -0.39 is 17.2 Å². The maximum Gasteiger partial charge on any atom is 0.309 e. The zero-order valence-corrected chi connectivity index (χ0v) is 11.6. The van der Waals surface area contributed by atoms with Gasteiger partial charge in [0.2, 0.25) is 0 Å². The molecule has 0 aromatic heterocycles. The SMILES string of the molecule is COc1c(Cl)cc(F)c(C)c1CC(C)(C)C(=O)O. The fourth-order valence-electron chi connectivity index (χ4n) is 1.69. The number of benzene rings is 1. The lowest BCUT2D eigenvalue weighted by molar-refractivity contribution is -0.146. The van der Waals surface area contributed by atoms with Gasteiger partial charge in [-0.2, -0.15) is 0 Å². The van der Waals surface area contributed by atoms with Crippen LogP contribution in [0.5, 0.6) is 5.75 Å². The third-order valence-electron chi connectivity index (χ3n) is 2.96. The summed E-state index contributed by atoms with van der Waals surface area (Å²) in [5.41, 5.74) is -0.157. The highest BCUT2D eigenvalue weighted by atomic mass is 35.5. The largest absolute Gasteiger partial charge is 0.495 e. The Bertz CT molecular complexity index is 484. The number of carboxylic acids is 1. The predicted molar refractivity (Wildman–Crippen MR) is 67.8 cm³/mol. The van der Waals surface area contributed by atoms with Crippen molar-refractivity contribution >= 4 is 17.6 Å². The molecule has 1 rings (SSSR count). The minimum Gasteiger partial charge on any atom is -0.495 e. The molecule has 1 aromatic carbocycles. The van der Waals surface area contributed by atoms with Crippen LogP contribution in [0.25, 0.3) is 0 Å². The van der Waals surface area contributed by atoms with Gasteiger partial charge in [-0.05, 0) is 38.8 Å². The van der Waals surface area contributed by atoms with E-state index >= 15 is 0 Å². The van der Waals surface area contributed by atoms with Gasteiger partial charge < -0.3 is 9.84 Å². The summed E-state index contributed by atoms with van der Waals surface area (Å²) in [6, 6.07) is 1.17. The van der Waals surface area contributed by atoms with E-state index in [1.54, 1.807) is 20.8 Å². The van der Waals surface area contributed by atoms with E-state index in [1.807, 2.05) is 0 Å². The smallest absolute Gasteiger partial charge is 0.309 e. The molecule has 0 saturated heterocycles. The van der Waals surface area contributed by atoms with Gasteiger partial charge >= 0.3 is 5.97 Å². The van der Waals surface area contributed by atoms with Crippen molar-refractivity contribution in [2.45, 2.75) is 27.2 Å². The molecule has 0 spiro atoms. The topological polar surface area (TPSA) is 46.5 Å². The number of carbonyl (C=O) groups is 1. The highest BCUT2D eigenvalue weighted by Crippen LogP contribution is 2.37. The van der Waals surface area contributed by atoms with Crippen LogP contribution in [0.3, 0.4) is 0 Å². The number of halogens is 2. The fraction of sp³-hybridized carbons (Fsp3) is 0.462. The quantitative estimate of drug-likeness (QED) is 0.915. The first-order chi connectivity index (χ1) is 8.20. The number of carboxylic acid groups (broad SMARTS) is 1. The third-order valence-corrected chi connectivity index (χ3v) is 3.24. The highest BCUT2D eigenvalue weighted by molar-refractivity contribution is 6.32. The van der Waals surface area contributed by atoms with Crippen molar-refractivity contribution < 1.29 is 19.0 Å². The Kier molecular flexibility index (Phi) is 4.22. The highest BCUT2D eigenvalue weighted by Gasteiger charge is 2.30. The van der Waals surface area contributed by atoms with Crippen molar-refractivity contribution in [1.82, 2.24) is 0 Å². The van der Waals surface area contributed by atoms with Crippen molar-refractivity contribution in [3.05, 3.63) is 28.0 Å². The molecule has 0 bridgehead atoms. The number of aliphatic carboxylic acids is 1. The Labute approximate surface area is 111 Å². The van der Waals surface area contributed by atoms with Crippen LogP contribution in [-0.2, 0) is 11.2 Å². The van der Waals surface area contributed by atoms with Crippen LogP contribution in [0.1, 0.15) is 25.0 Å². The minimum atomic E-state index is -1.02. The number of hydrogen-bond acceptors (Lipinski definition) is 2. The van der Waals surface area contributed by atoms with Crippen LogP contribution in [0.15, 0.2) is 6.07 Å². The summed E-state index contributed by atoms with van der Waals surface area (Å²) in [5.74, 6) is -1.08. The first-order valence-corrected chi connectivity index (χ1v) is 5.83. The van der Waals surface area contributed by atoms with Gasteiger partial charge in [0.25, 0.3) is 0 Å². The molecule has 3 nitrogen and oxygen atoms in total. The molecule has 0 fully saturated rings. The van der Waals surface area contributed by atoms with Gasteiger partial charge in [-0.25, -0.2) is 4.39 Å². The molecular formula is C13H16ClFO3. The average Bonchev–Trinajstić information content (AvgIpc) is 2.25. The molecule has 0 saturated carbocycles. The van der Waals surface area contributed by atoms with Gasteiger partial charge in [-0.15, -0.1) is 0 Å². The molecule has 0 unspecified atom stereocenters. The van der Waals surface area contributed by atoms with Gasteiger partial charge in [0.15, 0.2) is 0 Å². The van der Waals surface area contributed by atoms with Gasteiger partial charge in [0.1, 0.15) is 11.6 Å². The number of hydrogen-bond donors (Lipinski definition) is 1. The molecule has 0 amide bonds. The number of ether oxygens (including phenoxy) is 1. The molecule has 5 heteroatoms. The monoisotopic (exact) mass is 274 g/mol. The maximum absolute atomic E-state index is 13.6. The molecule has 0 atom stereocenters. The minimum absolute atomic E-state index is 0.148. The molecule has 1 N–H and O–H groups in total. The van der Waals surface area contributed by atoms with Crippen molar-refractivity contribution in [2.24, 2.45) is 5.41 Å². The lowest BCUT2D eigenvalue weighted by atomic mass is 9.84. The molecule has 0 aliphatic rings. The van der Waals surface area contributed by atoms with E-state index in [0.29, 0.717) is 16.9 Å². The summed E-state index contributed by atoms with van der Waals surface area (Å²) < 4.78 is 18.8. The van der Waals surface area contributed by atoms with Crippen molar-refractivity contribution in [3.63, 3.8) is 0 Å². The van der Waals surface area contributed by atoms with Crippen LogP contribution < -0.4 is 4.74 Å². The first kappa shape index (κ1) is 14.8. The van der Waals surface area contributed by atoms with Crippen LogP contribution in [0, 0.1) is 18.2 Å². The summed E-state index contributed by atoms with van der Waals surface area (Å²) in [6.45, 7) is 4.74. The van der Waals surface area contributed by atoms with Gasteiger partial charge in [0, 0.05) is 5.56 Å². The summed E-state index contributed by atoms with van der Waals surface area (Å²) in [7, 11) is 1.43. The fourth-order valence-corrected chi connectivity index (χ4v) is 1.98. The lowest BCUT2D eigenvalue weighted by Gasteiger charge is -2.22. The van der Waals surface area contributed by atoms with E-state index in [0.717, 1.165) is 0 Å². The molecule has 100 valence electrons. The second-order valence-corrected chi connectivity index (χ2v) is 5.25. The normalized spacial score (nSPS) is 11.4. The third kappa shape index (κ3) is 2.75. The van der Waals surface area contributed by atoms with E-state index in [4.69, 9.17) is 21.4 Å². The van der Waals surface area contributed by atoms with Crippen molar-refractivity contribution in [2.75, 3.05) is 7.11 Å². The van der Waals surface area contributed by atoms with Crippen LogP contribution >= 0.6 is 11.6 Å². The summed E-state index contributed by atoms with van der Waals surface area (Å²) in [5, 5.41) is 9.28. The molecule has 0 aliphatic heterocycles. The average molecular weight is 275 g/mol. The number of methoxy groups -OCH3 is 1. The Morgan fingerprint density at radius 1 is 1.56 bits per heavy atom. The maximum atomic E-state index is 13.6. The second kappa shape index (κ2) is 5.14. The zero-order valence-electron chi connectivity index (χ0n) is 10.8. The Morgan fingerprint density at radius 2 is 2.11 bits per heavy atom. The van der Waals surface area contributed by atoms with Gasteiger partial charge in [0.05, 0.1) is 17.5 Å². The molecule has 18 heavy (non-hydrogen) atoms. The number of rotatable bonds is 4. The molecule has 0 radical (unpaired) electrons. The van der Waals surface area contributed by atoms with Crippen LogP contribution in [0.2, 0.25) is 5.02 Å². The van der Waals surface area contributed by atoms with Crippen LogP contribution in [0.4, 0.5) is 4.39 Å². The Morgan fingerprint density at radius 3 is 2.56 bits per heavy atom. The van der Waals surface area contributed by atoms with E-state index in [2.05, 4.69) is 0 Å². The van der Waals surface area contributed by atoms with E-state index in [-0.39, 0.29) is 11.4 Å². The standard InChI is InChI=1S/C13H16ClFO3/c1-7-8(6-13(2,3)12(16)17)11(18-4)9(14)5-10(7)15/h5H,6H2,1-4H3,(H,16,17). The van der Waals surface area contributed by atoms with Crippen molar-refractivity contribution in [1.29, 1.82) is 0 Å². The molecule has 0 aliphatic carbocycles. The van der Waals surface area contributed by atoms with Gasteiger partial charge in [-0.3, -0.25) is 4.79 Å². The Hall–Kier alpha value is -1.29. The van der Waals surface area contributed by atoms with E-state index in [9.17, 15) is 9.18 Å². The first-order valence-electron chi connectivity index (χ1n) is 5.45. The van der Waals surface area contributed by atoms with Crippen molar-refractivity contribution in [3.8, 4) is 5.75 Å². The summed E-state index contributed by atoms with van der Waals surface area (Å²) in [6.07, 6.45) is 0.148. The van der Waals surface area contributed by atoms with E-state index in [1.165, 1.54) is 13.2 Å². The zero-order chi connectivity index (χ0) is 14.1. The van der Waals surface area contributed by atoms with Crippen LogP contribution in [-0.4, -0.2) is 18.2 Å². The van der Waals surface area contributed by atoms with Gasteiger partial charge in [-0.1, -0.05) is 11.6 Å². The molecule has 0 heterocycles. The molecule has 1 aromatic rings. The summed E-state index contributed by atoms with van der Waals surface area (Å²) >= 11 is 5.90. The summed E-state index contributed by atoms with van der Waals surface area (Å²) in [4.78, 5) is 11.1. The second-order valence-electron chi connectivity index (χ2n) is 4.84. The lowest BCUT2D eigenvalue weighted by Crippen LogP contribution is -2.27.